The maximum Gasteiger partial charge on any atom is 0.0759 e. The van der Waals surface area contributed by atoms with E-state index >= 15 is 0 Å². The number of halogens is 1. The van der Waals surface area contributed by atoms with Crippen molar-refractivity contribution in [1.29, 1.82) is 0 Å². The van der Waals surface area contributed by atoms with Crippen molar-refractivity contribution in [2.24, 2.45) is 0 Å². The van der Waals surface area contributed by atoms with Crippen LogP contribution in [0.3, 0.4) is 0 Å². The van der Waals surface area contributed by atoms with Crippen molar-refractivity contribution in [2.45, 2.75) is 31.7 Å². The molecule has 0 saturated carbocycles. The minimum absolute atomic E-state index is 0.229. The van der Waals surface area contributed by atoms with E-state index < -0.39 is 0 Å². The van der Waals surface area contributed by atoms with Gasteiger partial charge in [0, 0.05) is 6.20 Å². The lowest BCUT2D eigenvalue weighted by molar-refractivity contribution is 0.429. The first-order valence-corrected chi connectivity index (χ1v) is 7.59. The number of fused-ring (bicyclic) bond motifs is 1. The topological polar surface area (TPSA) is 24.9 Å². The zero-order valence-electron chi connectivity index (χ0n) is 11.6. The van der Waals surface area contributed by atoms with E-state index in [4.69, 9.17) is 11.6 Å². The third-order valence-electron chi connectivity index (χ3n) is 4.05. The molecule has 1 aliphatic rings. The molecular formula is C17H19ClN2. The molecule has 104 valence electrons. The zero-order chi connectivity index (χ0) is 13.9. The Morgan fingerprint density at radius 1 is 1.30 bits per heavy atom. The summed E-state index contributed by atoms with van der Waals surface area (Å²) in [4.78, 5) is 4.47. The number of benzene rings is 1. The average molecular weight is 287 g/mol. The number of hydrogen-bond acceptors (Lipinski definition) is 2. The van der Waals surface area contributed by atoms with Gasteiger partial charge in [0.1, 0.15) is 0 Å². The number of nitrogens with zero attached hydrogens (tertiary/aromatic N) is 1. The Hall–Kier alpha value is -1.38. The molecule has 20 heavy (non-hydrogen) atoms. The summed E-state index contributed by atoms with van der Waals surface area (Å²) >= 11 is 6.30. The number of rotatable bonds is 5. The smallest absolute Gasteiger partial charge is 0.0759 e. The van der Waals surface area contributed by atoms with Gasteiger partial charge in [0.05, 0.1) is 16.8 Å². The van der Waals surface area contributed by atoms with Crippen molar-refractivity contribution in [2.75, 3.05) is 6.54 Å². The molecule has 0 amide bonds. The molecule has 3 heteroatoms. The minimum Gasteiger partial charge on any atom is -0.309 e. The van der Waals surface area contributed by atoms with E-state index in [1.807, 2.05) is 18.3 Å². The fourth-order valence-corrected chi connectivity index (χ4v) is 3.30. The van der Waals surface area contributed by atoms with Gasteiger partial charge < -0.3 is 5.32 Å². The average Bonchev–Trinajstić information content (AvgIpc) is 2.44. The second-order valence-electron chi connectivity index (χ2n) is 5.32. The third kappa shape index (κ3) is 2.58. The fourth-order valence-electron chi connectivity index (χ4n) is 3.05. The Bertz CT molecular complexity index is 597. The second-order valence-corrected chi connectivity index (χ2v) is 5.72. The molecule has 0 saturated heterocycles. The monoisotopic (exact) mass is 286 g/mol. The van der Waals surface area contributed by atoms with Gasteiger partial charge in [0.15, 0.2) is 0 Å². The van der Waals surface area contributed by atoms with Crippen LogP contribution in [0, 0.1) is 0 Å². The first-order chi connectivity index (χ1) is 9.79. The molecule has 2 nitrogen and oxygen atoms in total. The van der Waals surface area contributed by atoms with Crippen LogP contribution in [0.1, 0.15) is 42.1 Å². The van der Waals surface area contributed by atoms with Crippen LogP contribution >= 0.6 is 11.6 Å². The van der Waals surface area contributed by atoms with Crippen LogP contribution < -0.4 is 5.32 Å². The zero-order valence-corrected chi connectivity index (χ0v) is 12.4. The normalized spacial score (nSPS) is 18.2. The Balaban J connectivity index is 1.78. The van der Waals surface area contributed by atoms with Gasteiger partial charge in [-0.2, -0.15) is 0 Å². The maximum atomic E-state index is 6.30. The maximum absolute atomic E-state index is 6.30. The molecule has 2 aromatic rings. The lowest BCUT2D eigenvalue weighted by atomic mass is 9.74. The van der Waals surface area contributed by atoms with E-state index in [-0.39, 0.29) is 6.04 Å². The molecular weight excluding hydrogens is 268 g/mol. The van der Waals surface area contributed by atoms with Crippen molar-refractivity contribution in [3.05, 3.63) is 64.4 Å². The van der Waals surface area contributed by atoms with Gasteiger partial charge in [0.2, 0.25) is 0 Å². The van der Waals surface area contributed by atoms with E-state index in [1.54, 1.807) is 0 Å². The molecule has 0 bridgehead atoms. The summed E-state index contributed by atoms with van der Waals surface area (Å²) < 4.78 is 0. The highest BCUT2D eigenvalue weighted by Gasteiger charge is 2.29. The number of aromatic nitrogens is 1. The van der Waals surface area contributed by atoms with E-state index in [1.165, 1.54) is 17.5 Å². The summed E-state index contributed by atoms with van der Waals surface area (Å²) in [6, 6.07) is 12.7. The summed E-state index contributed by atoms with van der Waals surface area (Å²) in [6.07, 6.45) is 4.05. The predicted octanol–water partition coefficient (Wildman–Crippen LogP) is 4.12. The highest BCUT2D eigenvalue weighted by molar-refractivity contribution is 6.31. The summed E-state index contributed by atoms with van der Waals surface area (Å²) in [6.45, 7) is 3.05. The minimum atomic E-state index is 0.229. The SMILES string of the molecule is CCNC(CC1Cc2ccccc21)c1ncccc1Cl. The van der Waals surface area contributed by atoms with Gasteiger partial charge in [-0.15, -0.1) is 0 Å². The lowest BCUT2D eigenvalue weighted by Gasteiger charge is -2.33. The Morgan fingerprint density at radius 3 is 2.90 bits per heavy atom. The van der Waals surface area contributed by atoms with Gasteiger partial charge >= 0.3 is 0 Å². The first kappa shape index (κ1) is 13.6. The molecule has 2 unspecified atom stereocenters. The third-order valence-corrected chi connectivity index (χ3v) is 4.37. The van der Waals surface area contributed by atoms with Gasteiger partial charge in [-0.1, -0.05) is 42.8 Å². The van der Waals surface area contributed by atoms with Crippen LogP contribution in [0.2, 0.25) is 5.02 Å². The molecule has 1 aromatic heterocycles. The second kappa shape index (κ2) is 5.94. The first-order valence-electron chi connectivity index (χ1n) is 7.21. The summed E-state index contributed by atoms with van der Waals surface area (Å²) in [7, 11) is 0. The molecule has 0 radical (unpaired) electrons. The Labute approximate surface area is 125 Å². The fraction of sp³-hybridized carbons (Fsp3) is 0.353. The number of nitrogens with one attached hydrogen (secondary N) is 1. The lowest BCUT2D eigenvalue weighted by Crippen LogP contribution is -2.27. The summed E-state index contributed by atoms with van der Waals surface area (Å²) in [5.74, 6) is 0.619. The molecule has 2 atom stereocenters. The van der Waals surface area contributed by atoms with E-state index in [2.05, 4.69) is 41.5 Å². The van der Waals surface area contributed by atoms with E-state index in [9.17, 15) is 0 Å². The van der Waals surface area contributed by atoms with E-state index in [0.717, 1.165) is 23.7 Å². The highest BCUT2D eigenvalue weighted by Crippen LogP contribution is 2.41. The molecule has 0 spiro atoms. The quantitative estimate of drug-likeness (QED) is 0.894. The predicted molar refractivity (Wildman–Crippen MR) is 83.2 cm³/mol. The van der Waals surface area contributed by atoms with Crippen LogP contribution in [-0.4, -0.2) is 11.5 Å². The molecule has 0 fully saturated rings. The van der Waals surface area contributed by atoms with Crippen molar-refractivity contribution in [3.8, 4) is 0 Å². The van der Waals surface area contributed by atoms with Gasteiger partial charge in [-0.05, 0) is 48.6 Å². The molecule has 1 heterocycles. The van der Waals surface area contributed by atoms with Crippen molar-refractivity contribution >= 4 is 11.6 Å². The van der Waals surface area contributed by atoms with Crippen LogP contribution in [0.15, 0.2) is 42.6 Å². The van der Waals surface area contributed by atoms with Crippen LogP contribution in [0.25, 0.3) is 0 Å². The Kier molecular flexibility index (Phi) is 4.04. The molecule has 1 N–H and O–H groups in total. The highest BCUT2D eigenvalue weighted by atomic mass is 35.5. The van der Waals surface area contributed by atoms with Gasteiger partial charge in [-0.25, -0.2) is 0 Å². The van der Waals surface area contributed by atoms with Gasteiger partial charge in [-0.3, -0.25) is 4.98 Å². The largest absolute Gasteiger partial charge is 0.309 e. The van der Waals surface area contributed by atoms with Gasteiger partial charge in [0.25, 0.3) is 0 Å². The van der Waals surface area contributed by atoms with Crippen LogP contribution in [0.4, 0.5) is 0 Å². The molecule has 3 rings (SSSR count). The van der Waals surface area contributed by atoms with Crippen LogP contribution in [-0.2, 0) is 6.42 Å². The summed E-state index contributed by atoms with van der Waals surface area (Å²) in [5.41, 5.74) is 3.95. The van der Waals surface area contributed by atoms with E-state index in [0.29, 0.717) is 5.92 Å². The van der Waals surface area contributed by atoms with Crippen molar-refractivity contribution in [1.82, 2.24) is 10.3 Å². The van der Waals surface area contributed by atoms with Crippen LogP contribution in [0.5, 0.6) is 0 Å². The van der Waals surface area contributed by atoms with Crippen molar-refractivity contribution in [3.63, 3.8) is 0 Å². The number of pyridine rings is 1. The number of hydrogen-bond donors (Lipinski definition) is 1. The molecule has 0 aliphatic heterocycles. The standard InChI is InChI=1S/C17H19ClN2/c1-2-19-16(17-15(18)8-5-9-20-17)11-13-10-12-6-3-4-7-14(12)13/h3-9,13,16,19H,2,10-11H2,1H3. The Morgan fingerprint density at radius 2 is 2.15 bits per heavy atom. The molecule has 1 aromatic carbocycles. The van der Waals surface area contributed by atoms with Crippen molar-refractivity contribution < 1.29 is 0 Å². The summed E-state index contributed by atoms with van der Waals surface area (Å²) in [5, 5.41) is 4.28. The molecule has 1 aliphatic carbocycles.